The number of nitrogens with zero attached hydrogens (tertiary/aromatic N) is 1. The minimum absolute atomic E-state index is 0.00665. The molecule has 1 rings (SSSR count). The zero-order valence-corrected chi connectivity index (χ0v) is 14.1. The van der Waals surface area contributed by atoms with Gasteiger partial charge in [0.25, 0.3) is 0 Å². The number of likely N-dealkylation sites (N-methyl/N-ethyl adjacent to an activating group) is 1. The largest absolute Gasteiger partial charge is 0.426 e. The average Bonchev–Trinajstić information content (AvgIpc) is 2.45. The van der Waals surface area contributed by atoms with Crippen LogP contribution in [0.4, 0.5) is 0 Å². The van der Waals surface area contributed by atoms with Crippen molar-refractivity contribution in [2.24, 2.45) is 0 Å². The maximum Gasteiger partial charge on any atom is 0.308 e. The van der Waals surface area contributed by atoms with Gasteiger partial charge in [0, 0.05) is 26.6 Å². The Morgan fingerprint density at radius 2 is 1.82 bits per heavy atom. The maximum absolute atomic E-state index is 12.0. The summed E-state index contributed by atoms with van der Waals surface area (Å²) >= 11 is 0. The van der Waals surface area contributed by atoms with Gasteiger partial charge in [-0.2, -0.15) is 0 Å². The fourth-order valence-corrected chi connectivity index (χ4v) is 2.18. The van der Waals surface area contributed by atoms with Crippen LogP contribution in [0.3, 0.4) is 0 Å². The number of ether oxygens (including phenoxy) is 1. The summed E-state index contributed by atoms with van der Waals surface area (Å²) in [5.41, 5.74) is 2.67. The summed E-state index contributed by atoms with van der Waals surface area (Å²) in [7, 11) is 1.81. The van der Waals surface area contributed by atoms with Crippen LogP contribution < -0.4 is 4.74 Å². The molecule has 0 radical (unpaired) electrons. The first-order valence-corrected chi connectivity index (χ1v) is 7.58. The quantitative estimate of drug-likeness (QED) is 0.459. The lowest BCUT2D eigenvalue weighted by Gasteiger charge is -2.14. The molecule has 0 atom stereocenters. The van der Waals surface area contributed by atoms with E-state index in [1.54, 1.807) is 17.1 Å². The number of hydrogen-bond acceptors (Lipinski definition) is 3. The summed E-state index contributed by atoms with van der Waals surface area (Å²) in [6.07, 6.45) is 5.44. The molecule has 0 aliphatic carbocycles. The highest BCUT2D eigenvalue weighted by Crippen LogP contribution is 2.25. The molecular weight excluding hydrogens is 278 g/mol. The van der Waals surface area contributed by atoms with Crippen molar-refractivity contribution in [1.29, 1.82) is 0 Å². The Balaban J connectivity index is 2.84. The Morgan fingerprint density at radius 1 is 1.23 bits per heavy atom. The van der Waals surface area contributed by atoms with Gasteiger partial charge in [-0.3, -0.25) is 9.59 Å². The number of benzene rings is 1. The van der Waals surface area contributed by atoms with Crippen molar-refractivity contribution >= 4 is 18.0 Å². The van der Waals surface area contributed by atoms with Gasteiger partial charge in [0.15, 0.2) is 0 Å². The molecule has 1 amide bonds. The van der Waals surface area contributed by atoms with E-state index in [2.05, 4.69) is 6.92 Å². The normalized spacial score (nSPS) is 10.8. The zero-order valence-electron chi connectivity index (χ0n) is 14.1. The molecule has 0 aliphatic rings. The van der Waals surface area contributed by atoms with Gasteiger partial charge in [-0.25, -0.2) is 0 Å². The topological polar surface area (TPSA) is 46.6 Å². The van der Waals surface area contributed by atoms with Gasteiger partial charge >= 0.3 is 5.97 Å². The predicted octanol–water partition coefficient (Wildman–Crippen LogP) is 3.50. The van der Waals surface area contributed by atoms with Crippen LogP contribution in [-0.2, 0) is 9.59 Å². The number of carbonyl (C=O) groups excluding carboxylic acids is 2. The summed E-state index contributed by atoms with van der Waals surface area (Å²) in [5, 5.41) is 0. The van der Waals surface area contributed by atoms with E-state index in [0.29, 0.717) is 5.75 Å². The zero-order chi connectivity index (χ0) is 16.7. The molecule has 0 heterocycles. The molecule has 120 valence electrons. The van der Waals surface area contributed by atoms with E-state index in [1.807, 2.05) is 33.0 Å². The van der Waals surface area contributed by atoms with Crippen molar-refractivity contribution in [1.82, 2.24) is 4.90 Å². The van der Waals surface area contributed by atoms with Gasteiger partial charge in [0.05, 0.1) is 0 Å². The van der Waals surface area contributed by atoms with Crippen LogP contribution in [0.2, 0.25) is 0 Å². The monoisotopic (exact) mass is 303 g/mol. The Hall–Kier alpha value is -2.10. The molecule has 0 N–H and O–H groups in total. The molecule has 0 fully saturated rings. The number of esters is 1. The third kappa shape index (κ3) is 5.35. The molecule has 0 spiro atoms. The number of aryl methyl sites for hydroxylation is 2. The number of unbranched alkanes of at least 4 members (excludes halogenated alkanes) is 1. The van der Waals surface area contributed by atoms with E-state index in [-0.39, 0.29) is 11.9 Å². The second kappa shape index (κ2) is 8.37. The molecule has 1 aromatic rings. The van der Waals surface area contributed by atoms with Crippen LogP contribution in [0.15, 0.2) is 18.2 Å². The van der Waals surface area contributed by atoms with Gasteiger partial charge in [0.1, 0.15) is 5.75 Å². The number of amides is 1. The third-order valence-electron chi connectivity index (χ3n) is 3.37. The van der Waals surface area contributed by atoms with E-state index < -0.39 is 0 Å². The highest BCUT2D eigenvalue weighted by molar-refractivity contribution is 5.91. The first kappa shape index (κ1) is 18.0. The summed E-state index contributed by atoms with van der Waals surface area (Å²) in [6.45, 7) is 8.03. The molecule has 22 heavy (non-hydrogen) atoms. The van der Waals surface area contributed by atoms with Crippen LogP contribution in [0, 0.1) is 13.8 Å². The van der Waals surface area contributed by atoms with E-state index in [4.69, 9.17) is 4.74 Å². The van der Waals surface area contributed by atoms with Crippen LogP contribution in [0.5, 0.6) is 5.75 Å². The van der Waals surface area contributed by atoms with E-state index in [1.165, 1.54) is 6.92 Å². The summed E-state index contributed by atoms with van der Waals surface area (Å²) in [5.74, 6) is 0.256. The van der Waals surface area contributed by atoms with Crippen molar-refractivity contribution in [2.45, 2.75) is 40.5 Å². The first-order chi connectivity index (χ1) is 10.3. The average molecular weight is 303 g/mol. The van der Waals surface area contributed by atoms with Crippen LogP contribution in [-0.4, -0.2) is 30.4 Å². The van der Waals surface area contributed by atoms with E-state index >= 15 is 0 Å². The first-order valence-electron chi connectivity index (χ1n) is 7.58. The smallest absolute Gasteiger partial charge is 0.308 e. The lowest BCUT2D eigenvalue weighted by Crippen LogP contribution is -2.25. The molecule has 0 aliphatic heterocycles. The predicted molar refractivity (Wildman–Crippen MR) is 88.8 cm³/mol. The number of carbonyl (C=O) groups is 2. The molecule has 4 heteroatoms. The summed E-state index contributed by atoms with van der Waals surface area (Å²) in [4.78, 5) is 24.8. The van der Waals surface area contributed by atoms with Gasteiger partial charge in [-0.15, -0.1) is 0 Å². The van der Waals surface area contributed by atoms with Gasteiger partial charge in [-0.1, -0.05) is 13.3 Å². The molecule has 1 aromatic carbocycles. The molecule has 4 nitrogen and oxygen atoms in total. The number of hydrogen-bond donors (Lipinski definition) is 0. The fourth-order valence-electron chi connectivity index (χ4n) is 2.18. The second-order valence-corrected chi connectivity index (χ2v) is 5.52. The molecule has 0 saturated carbocycles. The highest BCUT2D eigenvalue weighted by atomic mass is 16.5. The molecule has 0 bridgehead atoms. The summed E-state index contributed by atoms with van der Waals surface area (Å²) < 4.78 is 5.20. The summed E-state index contributed by atoms with van der Waals surface area (Å²) in [6, 6.07) is 3.81. The Bertz CT molecular complexity index is 553. The second-order valence-electron chi connectivity index (χ2n) is 5.52. The van der Waals surface area contributed by atoms with Gasteiger partial charge < -0.3 is 9.64 Å². The fraction of sp³-hybridized carbons (Fsp3) is 0.444. The van der Waals surface area contributed by atoms with Crippen molar-refractivity contribution < 1.29 is 14.3 Å². The third-order valence-corrected chi connectivity index (χ3v) is 3.37. The maximum atomic E-state index is 12.0. The SMILES string of the molecule is CCCCN(C)C(=O)/C=C/c1cc(C)c(OC(C)=O)c(C)c1. The minimum atomic E-state index is -0.331. The van der Waals surface area contributed by atoms with E-state index in [9.17, 15) is 9.59 Å². The Morgan fingerprint density at radius 3 is 2.32 bits per heavy atom. The van der Waals surface area contributed by atoms with Crippen molar-refractivity contribution in [3.05, 3.63) is 34.9 Å². The lowest BCUT2D eigenvalue weighted by atomic mass is 10.1. The van der Waals surface area contributed by atoms with Crippen LogP contribution in [0.25, 0.3) is 6.08 Å². The number of rotatable bonds is 6. The van der Waals surface area contributed by atoms with Crippen LogP contribution >= 0.6 is 0 Å². The van der Waals surface area contributed by atoms with Gasteiger partial charge in [-0.05, 0) is 55.2 Å². The molecule has 0 aromatic heterocycles. The Labute approximate surface area is 132 Å². The minimum Gasteiger partial charge on any atom is -0.426 e. The van der Waals surface area contributed by atoms with Crippen molar-refractivity contribution in [3.8, 4) is 5.75 Å². The molecular formula is C18H25NO3. The molecule has 0 unspecified atom stereocenters. The van der Waals surface area contributed by atoms with Crippen molar-refractivity contribution in [2.75, 3.05) is 13.6 Å². The van der Waals surface area contributed by atoms with Crippen LogP contribution in [0.1, 0.15) is 43.4 Å². The Kier molecular flexibility index (Phi) is 6.83. The molecule has 0 saturated heterocycles. The van der Waals surface area contributed by atoms with Crippen molar-refractivity contribution in [3.63, 3.8) is 0 Å². The highest BCUT2D eigenvalue weighted by Gasteiger charge is 2.08. The lowest BCUT2D eigenvalue weighted by molar-refractivity contribution is -0.132. The standard InChI is InChI=1S/C18H25NO3/c1-6-7-10-19(5)17(21)9-8-16-11-13(2)18(14(3)12-16)22-15(4)20/h8-9,11-12H,6-7,10H2,1-5H3/b9-8+. The van der Waals surface area contributed by atoms with Gasteiger partial charge in [0.2, 0.25) is 5.91 Å². The van der Waals surface area contributed by atoms with E-state index in [0.717, 1.165) is 36.1 Å².